The summed E-state index contributed by atoms with van der Waals surface area (Å²) in [5.41, 5.74) is 8.15. The van der Waals surface area contributed by atoms with Gasteiger partial charge in [0.2, 0.25) is 0 Å². The molecule has 2 aliphatic carbocycles. The van der Waals surface area contributed by atoms with Crippen LogP contribution in [-0.2, 0) is 11.1 Å². The Morgan fingerprint density at radius 1 is 0.824 bits per heavy atom. The quantitative estimate of drug-likeness (QED) is 0.822. The Balaban J connectivity index is 1.83. The highest BCUT2D eigenvalue weighted by molar-refractivity contribution is 5.34. The van der Waals surface area contributed by atoms with Crippen LogP contribution in [0.4, 0.5) is 0 Å². The minimum Gasteiger partial charge on any atom is -0.385 e. The predicted molar refractivity (Wildman–Crippen MR) is 68.5 cm³/mol. The molecule has 0 heterocycles. The van der Waals surface area contributed by atoms with Gasteiger partial charge in [0, 0.05) is 5.54 Å². The molecule has 2 saturated carbocycles. The van der Waals surface area contributed by atoms with Crippen molar-refractivity contribution in [2.45, 2.75) is 56.1 Å². The predicted octanol–water partition coefficient (Wildman–Crippen LogP) is 2.79. The largest absolute Gasteiger partial charge is 0.385 e. The lowest BCUT2D eigenvalue weighted by Gasteiger charge is -2.34. The fourth-order valence-corrected chi connectivity index (χ4v) is 2.99. The van der Waals surface area contributed by atoms with Crippen molar-refractivity contribution in [1.29, 1.82) is 0 Å². The molecule has 1 aromatic carbocycles. The first-order valence-electron chi connectivity index (χ1n) is 6.75. The average Bonchev–Trinajstić information content (AvgIpc) is 3.10. The summed E-state index contributed by atoms with van der Waals surface area (Å²) in [4.78, 5) is 0. The number of aliphatic hydroxyl groups is 1. The fraction of sp³-hybridized carbons (Fsp3) is 0.600. The molecule has 0 spiro atoms. The van der Waals surface area contributed by atoms with Gasteiger partial charge in [-0.3, -0.25) is 0 Å². The summed E-state index contributed by atoms with van der Waals surface area (Å²) in [7, 11) is 0. The molecule has 2 aliphatic rings. The number of hydrogen-bond acceptors (Lipinski definition) is 2. The van der Waals surface area contributed by atoms with Crippen LogP contribution in [0.25, 0.3) is 0 Å². The maximum Gasteiger partial charge on any atom is 0.0899 e. The van der Waals surface area contributed by atoms with Crippen LogP contribution in [0.5, 0.6) is 0 Å². The molecular weight excluding hydrogens is 210 g/mol. The normalized spacial score (nSPS) is 25.5. The van der Waals surface area contributed by atoms with Crippen molar-refractivity contribution in [2.24, 2.45) is 5.73 Å². The first-order valence-corrected chi connectivity index (χ1v) is 6.75. The summed E-state index contributed by atoms with van der Waals surface area (Å²) in [5, 5.41) is 10.0. The molecule has 1 aromatic rings. The van der Waals surface area contributed by atoms with E-state index < -0.39 is 5.60 Å². The average molecular weight is 231 g/mol. The second-order valence-electron chi connectivity index (χ2n) is 5.83. The van der Waals surface area contributed by atoms with Gasteiger partial charge in [-0.2, -0.15) is 0 Å². The summed E-state index contributed by atoms with van der Waals surface area (Å²) in [6.45, 7) is 0. The van der Waals surface area contributed by atoms with Crippen molar-refractivity contribution in [3.63, 3.8) is 0 Å². The second-order valence-corrected chi connectivity index (χ2v) is 5.83. The summed E-state index contributed by atoms with van der Waals surface area (Å²) in [6.07, 6.45) is 7.79. The molecule has 0 radical (unpaired) electrons. The molecule has 92 valence electrons. The Kier molecular flexibility index (Phi) is 2.53. The topological polar surface area (TPSA) is 46.2 Å². The molecule has 0 aliphatic heterocycles. The Bertz CT molecular complexity index is 399. The molecule has 0 bridgehead atoms. The lowest BCUT2D eigenvalue weighted by Crippen LogP contribution is -2.38. The molecule has 2 heteroatoms. The first-order chi connectivity index (χ1) is 8.12. The van der Waals surface area contributed by atoms with E-state index in [1.807, 2.05) is 0 Å². The zero-order chi connectivity index (χ0) is 11.9. The van der Waals surface area contributed by atoms with Gasteiger partial charge in [0.25, 0.3) is 0 Å². The summed E-state index contributed by atoms with van der Waals surface area (Å²) in [6, 6.07) is 8.37. The molecule has 0 atom stereocenters. The highest BCUT2D eigenvalue weighted by Crippen LogP contribution is 2.45. The van der Waals surface area contributed by atoms with Gasteiger partial charge in [0.1, 0.15) is 0 Å². The van der Waals surface area contributed by atoms with Crippen molar-refractivity contribution in [3.05, 3.63) is 35.4 Å². The summed E-state index contributed by atoms with van der Waals surface area (Å²) in [5.74, 6) is 0. The molecule has 3 rings (SSSR count). The number of nitrogens with two attached hydrogens (primary N) is 1. The van der Waals surface area contributed by atoms with Crippen LogP contribution in [0.3, 0.4) is 0 Å². The van der Waals surface area contributed by atoms with Gasteiger partial charge in [-0.1, -0.05) is 43.5 Å². The van der Waals surface area contributed by atoms with Gasteiger partial charge in [-0.25, -0.2) is 0 Å². The van der Waals surface area contributed by atoms with Crippen LogP contribution < -0.4 is 5.73 Å². The maximum absolute atomic E-state index is 10.0. The Hall–Kier alpha value is -0.860. The zero-order valence-electron chi connectivity index (χ0n) is 10.3. The maximum atomic E-state index is 10.0. The van der Waals surface area contributed by atoms with E-state index in [0.29, 0.717) is 0 Å². The van der Waals surface area contributed by atoms with Gasteiger partial charge in [-0.15, -0.1) is 0 Å². The molecule has 0 unspecified atom stereocenters. The molecule has 0 aromatic heterocycles. The van der Waals surface area contributed by atoms with E-state index in [2.05, 4.69) is 24.3 Å². The smallest absolute Gasteiger partial charge is 0.0899 e. The van der Waals surface area contributed by atoms with E-state index in [-0.39, 0.29) is 5.54 Å². The third-order valence-corrected chi connectivity index (χ3v) is 4.47. The van der Waals surface area contributed by atoms with Gasteiger partial charge in [0.05, 0.1) is 5.60 Å². The lowest BCUT2D eigenvalue weighted by atomic mass is 9.77. The third kappa shape index (κ3) is 2.00. The van der Waals surface area contributed by atoms with Crippen LogP contribution in [0.1, 0.15) is 56.1 Å². The number of benzene rings is 1. The molecule has 3 N–H and O–H groups in total. The second kappa shape index (κ2) is 3.82. The molecule has 0 amide bonds. The van der Waals surface area contributed by atoms with Gasteiger partial charge in [-0.05, 0) is 36.8 Å². The Labute approximate surface area is 103 Å². The van der Waals surface area contributed by atoms with E-state index >= 15 is 0 Å². The minimum atomic E-state index is -0.521. The van der Waals surface area contributed by atoms with Crippen molar-refractivity contribution in [2.75, 3.05) is 0 Å². The van der Waals surface area contributed by atoms with Crippen LogP contribution in [-0.4, -0.2) is 5.11 Å². The summed E-state index contributed by atoms with van der Waals surface area (Å²) < 4.78 is 0. The monoisotopic (exact) mass is 231 g/mol. The van der Waals surface area contributed by atoms with E-state index in [1.165, 1.54) is 24.8 Å². The number of hydrogen-bond donors (Lipinski definition) is 2. The summed E-state index contributed by atoms with van der Waals surface area (Å²) >= 11 is 0. The van der Waals surface area contributed by atoms with Gasteiger partial charge < -0.3 is 10.8 Å². The number of rotatable bonds is 2. The van der Waals surface area contributed by atoms with Crippen molar-refractivity contribution in [3.8, 4) is 0 Å². The Morgan fingerprint density at radius 2 is 1.35 bits per heavy atom. The van der Waals surface area contributed by atoms with Crippen LogP contribution in [0.2, 0.25) is 0 Å². The van der Waals surface area contributed by atoms with Crippen LogP contribution in [0, 0.1) is 0 Å². The van der Waals surface area contributed by atoms with Gasteiger partial charge >= 0.3 is 0 Å². The molecule has 2 nitrogen and oxygen atoms in total. The first kappa shape index (κ1) is 11.2. The van der Waals surface area contributed by atoms with E-state index in [1.54, 1.807) is 0 Å². The van der Waals surface area contributed by atoms with Crippen LogP contribution >= 0.6 is 0 Å². The van der Waals surface area contributed by atoms with Crippen molar-refractivity contribution < 1.29 is 5.11 Å². The lowest BCUT2D eigenvalue weighted by molar-refractivity contribution is 0.151. The molecule has 0 saturated heterocycles. The highest BCUT2D eigenvalue weighted by Gasteiger charge is 2.42. The zero-order valence-corrected chi connectivity index (χ0v) is 10.3. The molecule has 17 heavy (non-hydrogen) atoms. The van der Waals surface area contributed by atoms with Crippen molar-refractivity contribution >= 4 is 0 Å². The van der Waals surface area contributed by atoms with E-state index in [0.717, 1.165) is 31.2 Å². The standard InChI is InChI=1S/C15H21NO/c16-14(8-2-1-3-9-14)12-4-6-13(7-5-12)15(17)10-11-15/h4-7,17H,1-3,8-11,16H2. The molecular formula is C15H21NO. The highest BCUT2D eigenvalue weighted by atomic mass is 16.3. The fourth-order valence-electron chi connectivity index (χ4n) is 2.99. The Morgan fingerprint density at radius 3 is 1.88 bits per heavy atom. The van der Waals surface area contributed by atoms with Gasteiger partial charge in [0.15, 0.2) is 0 Å². The third-order valence-electron chi connectivity index (χ3n) is 4.47. The molecule has 2 fully saturated rings. The minimum absolute atomic E-state index is 0.122. The van der Waals surface area contributed by atoms with Crippen molar-refractivity contribution in [1.82, 2.24) is 0 Å². The SMILES string of the molecule is NC1(c2ccc(C3(O)CC3)cc2)CCCCC1. The van der Waals surface area contributed by atoms with Crippen LogP contribution in [0.15, 0.2) is 24.3 Å². The van der Waals surface area contributed by atoms with E-state index in [9.17, 15) is 5.11 Å². The van der Waals surface area contributed by atoms with E-state index in [4.69, 9.17) is 5.73 Å².